The molecule has 0 saturated carbocycles. The van der Waals surface area contributed by atoms with Crippen LogP contribution in [0, 0.1) is 0 Å². The molecule has 174 valence electrons. The molecule has 7 nitrogen and oxygen atoms in total. The van der Waals surface area contributed by atoms with Crippen LogP contribution in [0.1, 0.15) is 16.8 Å². The van der Waals surface area contributed by atoms with Gasteiger partial charge in [-0.2, -0.15) is 4.31 Å². The fraction of sp³-hybridized carbons (Fsp3) is 0.200. The van der Waals surface area contributed by atoms with Gasteiger partial charge >= 0.3 is 0 Å². The summed E-state index contributed by atoms with van der Waals surface area (Å²) in [4.78, 5) is 0.155. The summed E-state index contributed by atoms with van der Waals surface area (Å²) >= 11 is 3.41. The number of nitrogens with zero attached hydrogens (tertiary/aromatic N) is 4. The Hall–Kier alpha value is -3.01. The highest BCUT2D eigenvalue weighted by Gasteiger charge is 2.37. The van der Waals surface area contributed by atoms with Crippen molar-refractivity contribution >= 4 is 26.0 Å². The number of rotatable bonds is 6. The molecule has 3 aromatic carbocycles. The van der Waals surface area contributed by atoms with Crippen LogP contribution in [0.15, 0.2) is 94.4 Å². The Morgan fingerprint density at radius 1 is 0.941 bits per heavy atom. The topological polar surface area (TPSA) is 77.3 Å². The summed E-state index contributed by atoms with van der Waals surface area (Å²) in [6.45, 7) is 0.900. The molecule has 0 N–H and O–H groups in total. The van der Waals surface area contributed by atoms with Gasteiger partial charge in [0.15, 0.2) is 0 Å². The lowest BCUT2D eigenvalue weighted by Crippen LogP contribution is -2.42. The van der Waals surface area contributed by atoms with Gasteiger partial charge in [0, 0.05) is 4.47 Å². The molecule has 1 aromatic heterocycles. The first kappa shape index (κ1) is 22.8. The molecule has 1 aliphatic rings. The van der Waals surface area contributed by atoms with Gasteiger partial charge in [0.2, 0.25) is 10.0 Å². The monoisotopic (exact) mass is 538 g/mol. The van der Waals surface area contributed by atoms with E-state index < -0.39 is 16.1 Å². The number of fused-ring (bicyclic) bond motifs is 1. The Balaban J connectivity index is 1.47. The van der Waals surface area contributed by atoms with Crippen LogP contribution < -0.4 is 4.74 Å². The first-order chi connectivity index (χ1) is 16.5. The molecule has 2 heterocycles. The molecule has 0 amide bonds. The van der Waals surface area contributed by atoms with E-state index in [0.29, 0.717) is 24.4 Å². The van der Waals surface area contributed by atoms with Crippen LogP contribution in [-0.2, 0) is 29.5 Å². The standard InChI is InChI=1S/C25H23BrN4O3S/c26-21-11-12-25-24(14-21)33-18-23(13-19-7-3-1-4-8-19)30(34(25,31)32)17-22-16-29(28-27-22)15-20-9-5-2-6-10-20/h1-12,14,16,23H,13,15,17-18H2/t23-/m1/s1. The van der Waals surface area contributed by atoms with Gasteiger partial charge in [-0.1, -0.05) is 81.8 Å². The highest BCUT2D eigenvalue weighted by molar-refractivity contribution is 9.10. The van der Waals surface area contributed by atoms with Crippen LogP contribution >= 0.6 is 15.9 Å². The highest BCUT2D eigenvalue weighted by Crippen LogP contribution is 2.35. The molecule has 0 aliphatic carbocycles. The number of sulfonamides is 1. The Labute approximate surface area is 207 Å². The van der Waals surface area contributed by atoms with Gasteiger partial charge in [0.25, 0.3) is 0 Å². The van der Waals surface area contributed by atoms with Crippen molar-refractivity contribution in [2.45, 2.75) is 30.4 Å². The second kappa shape index (κ2) is 9.69. The first-order valence-electron chi connectivity index (χ1n) is 10.9. The summed E-state index contributed by atoms with van der Waals surface area (Å²) in [5, 5.41) is 8.49. The van der Waals surface area contributed by atoms with Crippen LogP contribution in [0.2, 0.25) is 0 Å². The maximum Gasteiger partial charge on any atom is 0.247 e. The first-order valence-corrected chi connectivity index (χ1v) is 13.1. The smallest absolute Gasteiger partial charge is 0.247 e. The van der Waals surface area contributed by atoms with Gasteiger partial charge < -0.3 is 4.74 Å². The highest BCUT2D eigenvalue weighted by atomic mass is 79.9. The third kappa shape index (κ3) is 4.91. The molecule has 34 heavy (non-hydrogen) atoms. The summed E-state index contributed by atoms with van der Waals surface area (Å²) in [5.74, 6) is 0.350. The van der Waals surface area contributed by atoms with E-state index in [4.69, 9.17) is 4.74 Å². The summed E-state index contributed by atoms with van der Waals surface area (Å²) in [7, 11) is -3.84. The number of ether oxygens (including phenoxy) is 1. The van der Waals surface area contributed by atoms with E-state index in [1.165, 1.54) is 4.31 Å². The molecular formula is C25H23BrN4O3S. The molecule has 0 bridgehead atoms. The third-order valence-corrected chi connectivity index (χ3v) is 8.17. The maximum atomic E-state index is 13.8. The number of aromatic nitrogens is 3. The van der Waals surface area contributed by atoms with E-state index in [1.807, 2.05) is 60.7 Å². The van der Waals surface area contributed by atoms with Crippen LogP contribution in [0.25, 0.3) is 0 Å². The molecule has 0 radical (unpaired) electrons. The second-order valence-electron chi connectivity index (χ2n) is 8.19. The van der Waals surface area contributed by atoms with Crippen molar-refractivity contribution in [3.63, 3.8) is 0 Å². The number of benzene rings is 3. The fourth-order valence-electron chi connectivity index (χ4n) is 4.08. The van der Waals surface area contributed by atoms with Crippen molar-refractivity contribution in [2.75, 3.05) is 6.61 Å². The predicted molar refractivity (Wildman–Crippen MR) is 132 cm³/mol. The molecule has 1 atom stereocenters. The lowest BCUT2D eigenvalue weighted by atomic mass is 10.1. The Kier molecular flexibility index (Phi) is 6.49. The minimum atomic E-state index is -3.84. The molecule has 4 aromatic rings. The molecule has 5 rings (SSSR count). The van der Waals surface area contributed by atoms with Gasteiger partial charge in [-0.05, 0) is 35.7 Å². The molecule has 0 unspecified atom stereocenters. The van der Waals surface area contributed by atoms with Crippen molar-refractivity contribution in [3.05, 3.63) is 106 Å². The second-order valence-corrected chi connectivity index (χ2v) is 11.0. The number of halogens is 1. The molecule has 1 aliphatic heterocycles. The average Bonchev–Trinajstić information content (AvgIpc) is 3.24. The zero-order valence-corrected chi connectivity index (χ0v) is 20.7. The minimum Gasteiger partial charge on any atom is -0.490 e. The average molecular weight is 539 g/mol. The van der Waals surface area contributed by atoms with Crippen molar-refractivity contribution in [3.8, 4) is 5.75 Å². The lowest BCUT2D eigenvalue weighted by Gasteiger charge is -2.27. The predicted octanol–water partition coefficient (Wildman–Crippen LogP) is 4.28. The van der Waals surface area contributed by atoms with Crippen molar-refractivity contribution in [1.82, 2.24) is 19.3 Å². The normalized spacial score (nSPS) is 17.5. The van der Waals surface area contributed by atoms with E-state index in [9.17, 15) is 8.42 Å². The van der Waals surface area contributed by atoms with E-state index in [2.05, 4.69) is 26.2 Å². The minimum absolute atomic E-state index is 0.105. The van der Waals surface area contributed by atoms with E-state index in [0.717, 1.165) is 15.6 Å². The fourth-order valence-corrected chi connectivity index (χ4v) is 6.11. The number of hydrogen-bond acceptors (Lipinski definition) is 5. The van der Waals surface area contributed by atoms with Gasteiger partial charge in [-0.15, -0.1) is 5.10 Å². The molecule has 0 saturated heterocycles. The van der Waals surface area contributed by atoms with E-state index in [1.54, 1.807) is 29.1 Å². The van der Waals surface area contributed by atoms with Gasteiger partial charge in [-0.3, -0.25) is 0 Å². The Morgan fingerprint density at radius 3 is 2.38 bits per heavy atom. The zero-order valence-electron chi connectivity index (χ0n) is 18.3. The van der Waals surface area contributed by atoms with Gasteiger partial charge in [-0.25, -0.2) is 13.1 Å². The summed E-state index contributed by atoms with van der Waals surface area (Å²) in [6.07, 6.45) is 2.32. The van der Waals surface area contributed by atoms with Gasteiger partial charge in [0.05, 0.1) is 31.0 Å². The largest absolute Gasteiger partial charge is 0.490 e. The summed E-state index contributed by atoms with van der Waals surface area (Å²) < 4.78 is 37.6. The molecule has 9 heteroatoms. The van der Waals surface area contributed by atoms with E-state index in [-0.39, 0.29) is 18.0 Å². The van der Waals surface area contributed by atoms with Crippen LogP contribution in [0.5, 0.6) is 5.75 Å². The summed E-state index contributed by atoms with van der Waals surface area (Å²) in [6, 6.07) is 24.4. The molecule has 0 spiro atoms. The van der Waals surface area contributed by atoms with Gasteiger partial charge in [0.1, 0.15) is 17.3 Å². The number of hydrogen-bond donors (Lipinski definition) is 0. The van der Waals surface area contributed by atoms with Crippen molar-refractivity contribution in [2.24, 2.45) is 0 Å². The Morgan fingerprint density at radius 2 is 1.65 bits per heavy atom. The molecule has 0 fully saturated rings. The van der Waals surface area contributed by atoms with Crippen LogP contribution in [0.3, 0.4) is 0 Å². The summed E-state index contributed by atoms with van der Waals surface area (Å²) in [5.41, 5.74) is 2.71. The zero-order chi connectivity index (χ0) is 23.5. The SMILES string of the molecule is O=S1(=O)c2ccc(Br)cc2OC[C@@H](Cc2ccccc2)N1Cc1cn(Cc2ccccc2)nn1. The third-order valence-electron chi connectivity index (χ3n) is 5.74. The van der Waals surface area contributed by atoms with Crippen LogP contribution in [0.4, 0.5) is 0 Å². The lowest BCUT2D eigenvalue weighted by molar-refractivity contribution is 0.206. The molecular weight excluding hydrogens is 516 g/mol. The van der Waals surface area contributed by atoms with E-state index >= 15 is 0 Å². The van der Waals surface area contributed by atoms with Crippen LogP contribution in [-0.4, -0.2) is 40.4 Å². The quantitative estimate of drug-likeness (QED) is 0.366. The van der Waals surface area contributed by atoms with Crippen molar-refractivity contribution < 1.29 is 13.2 Å². The maximum absolute atomic E-state index is 13.8. The van der Waals surface area contributed by atoms with Crippen molar-refractivity contribution in [1.29, 1.82) is 0 Å². The Bertz CT molecular complexity index is 1380.